The van der Waals surface area contributed by atoms with E-state index in [0.717, 1.165) is 20.6 Å². The fourth-order valence-electron chi connectivity index (χ4n) is 1.43. The van der Waals surface area contributed by atoms with Crippen molar-refractivity contribution in [1.29, 1.82) is 0 Å². The number of hydrogen-bond acceptors (Lipinski definition) is 4. The molecule has 0 aliphatic carbocycles. The lowest BCUT2D eigenvalue weighted by Gasteiger charge is -2.25. The van der Waals surface area contributed by atoms with E-state index in [2.05, 4.69) is 56.1 Å². The number of thioether (sulfide) groups is 1. The number of thiophene rings is 1. The summed E-state index contributed by atoms with van der Waals surface area (Å²) in [5, 5.41) is 0. The van der Waals surface area contributed by atoms with Gasteiger partial charge in [0.05, 0.1) is 9.83 Å². The second-order valence-corrected chi connectivity index (χ2v) is 7.74. The van der Waals surface area contributed by atoms with Gasteiger partial charge in [0, 0.05) is 28.2 Å². The van der Waals surface area contributed by atoms with Gasteiger partial charge in [-0.3, -0.25) is 4.90 Å². The van der Waals surface area contributed by atoms with Crippen LogP contribution in [-0.4, -0.2) is 37.0 Å². The van der Waals surface area contributed by atoms with Crippen molar-refractivity contribution in [1.82, 2.24) is 4.90 Å². The Morgan fingerprint density at radius 2 is 2.25 bits per heavy atom. The molecule has 2 nitrogen and oxygen atoms in total. The molecular weight excluding hydrogens is 372 g/mol. The minimum Gasteiger partial charge on any atom is -0.329 e. The Hall–Kier alpha value is 0.930. The number of nitrogens with two attached hydrogens (primary N) is 1. The van der Waals surface area contributed by atoms with E-state index in [0.29, 0.717) is 12.6 Å². The highest BCUT2D eigenvalue weighted by Gasteiger charge is 2.18. The quantitative estimate of drug-likeness (QED) is 0.808. The molecule has 1 unspecified atom stereocenters. The van der Waals surface area contributed by atoms with E-state index < -0.39 is 0 Å². The second-order valence-electron chi connectivity index (χ2n) is 3.50. The normalized spacial score (nSPS) is 13.4. The lowest BCUT2D eigenvalue weighted by Crippen LogP contribution is -2.31. The van der Waals surface area contributed by atoms with Crippen molar-refractivity contribution in [2.45, 2.75) is 6.04 Å². The molecule has 1 heterocycles. The van der Waals surface area contributed by atoms with Crippen LogP contribution in [0.15, 0.2) is 14.3 Å². The van der Waals surface area contributed by atoms with Gasteiger partial charge in [-0.25, -0.2) is 0 Å². The molecule has 0 aliphatic rings. The molecule has 16 heavy (non-hydrogen) atoms. The zero-order chi connectivity index (χ0) is 12.1. The van der Waals surface area contributed by atoms with Crippen LogP contribution < -0.4 is 5.73 Å². The first-order valence-electron chi connectivity index (χ1n) is 4.94. The topological polar surface area (TPSA) is 29.3 Å². The summed E-state index contributed by atoms with van der Waals surface area (Å²) in [6, 6.07) is 2.47. The first kappa shape index (κ1) is 15.0. The number of hydrogen-bond donors (Lipinski definition) is 1. The van der Waals surface area contributed by atoms with Gasteiger partial charge < -0.3 is 5.73 Å². The smallest absolute Gasteiger partial charge is 0.0843 e. The van der Waals surface area contributed by atoms with E-state index >= 15 is 0 Å². The fourth-order valence-corrected chi connectivity index (χ4v) is 4.17. The van der Waals surface area contributed by atoms with Crippen molar-refractivity contribution in [2.75, 3.05) is 32.1 Å². The lowest BCUT2D eigenvalue weighted by molar-refractivity contribution is 0.269. The van der Waals surface area contributed by atoms with Crippen LogP contribution in [-0.2, 0) is 0 Å². The molecule has 0 spiro atoms. The maximum absolute atomic E-state index is 5.86. The molecule has 1 rings (SSSR count). The third kappa shape index (κ3) is 3.99. The number of halogens is 2. The van der Waals surface area contributed by atoms with Gasteiger partial charge in [-0.05, 0) is 51.2 Å². The third-order valence-corrected chi connectivity index (χ3v) is 6.34. The molecule has 2 N–H and O–H groups in total. The van der Waals surface area contributed by atoms with Crippen molar-refractivity contribution in [2.24, 2.45) is 5.73 Å². The van der Waals surface area contributed by atoms with E-state index in [1.807, 2.05) is 11.8 Å². The molecule has 0 amide bonds. The van der Waals surface area contributed by atoms with Crippen LogP contribution in [0.2, 0.25) is 0 Å². The minimum atomic E-state index is 0.319. The standard InChI is InChI=1S/C10H16Br2N2S2/c1-14(3-4-15-2)8(6-13)9-5-7(11)10(12)16-9/h5,8H,3-4,6,13H2,1-2H3. The molecule has 0 fully saturated rings. The van der Waals surface area contributed by atoms with Gasteiger partial charge in [-0.2, -0.15) is 11.8 Å². The highest BCUT2D eigenvalue weighted by Crippen LogP contribution is 2.36. The monoisotopic (exact) mass is 386 g/mol. The Bertz CT molecular complexity index is 311. The average molecular weight is 388 g/mol. The molecule has 0 aliphatic heterocycles. The molecule has 1 aromatic rings. The molecule has 92 valence electrons. The third-order valence-electron chi connectivity index (χ3n) is 2.40. The van der Waals surface area contributed by atoms with Crippen LogP contribution in [0.1, 0.15) is 10.9 Å². The summed E-state index contributed by atoms with van der Waals surface area (Å²) >= 11 is 10.7. The van der Waals surface area contributed by atoms with Gasteiger partial charge in [0.1, 0.15) is 0 Å². The van der Waals surface area contributed by atoms with Crippen LogP contribution >= 0.6 is 55.0 Å². The highest BCUT2D eigenvalue weighted by molar-refractivity contribution is 9.13. The summed E-state index contributed by atoms with van der Waals surface area (Å²) in [4.78, 5) is 3.63. The van der Waals surface area contributed by atoms with E-state index in [-0.39, 0.29) is 0 Å². The van der Waals surface area contributed by atoms with Crippen LogP contribution in [0.3, 0.4) is 0 Å². The number of nitrogens with zero attached hydrogens (tertiary/aromatic N) is 1. The Labute approximate surface area is 122 Å². The van der Waals surface area contributed by atoms with Gasteiger partial charge in [-0.15, -0.1) is 11.3 Å². The van der Waals surface area contributed by atoms with Gasteiger partial charge >= 0.3 is 0 Å². The van der Waals surface area contributed by atoms with Crippen molar-refractivity contribution in [3.63, 3.8) is 0 Å². The maximum Gasteiger partial charge on any atom is 0.0843 e. The molecular formula is C10H16Br2N2S2. The lowest BCUT2D eigenvalue weighted by atomic mass is 10.2. The van der Waals surface area contributed by atoms with E-state index in [4.69, 9.17) is 5.73 Å². The Morgan fingerprint density at radius 3 is 2.69 bits per heavy atom. The van der Waals surface area contributed by atoms with Crippen LogP contribution in [0.5, 0.6) is 0 Å². The highest BCUT2D eigenvalue weighted by atomic mass is 79.9. The molecule has 0 aromatic carbocycles. The first-order chi connectivity index (χ1) is 7.60. The van der Waals surface area contributed by atoms with E-state index in [1.54, 1.807) is 11.3 Å². The molecule has 0 bridgehead atoms. The number of likely N-dealkylation sites (N-methyl/N-ethyl adjacent to an activating group) is 1. The largest absolute Gasteiger partial charge is 0.329 e. The van der Waals surface area contributed by atoms with Crippen molar-refractivity contribution in [3.8, 4) is 0 Å². The first-order valence-corrected chi connectivity index (χ1v) is 8.73. The second kappa shape index (κ2) is 7.38. The number of rotatable bonds is 6. The zero-order valence-electron chi connectivity index (χ0n) is 9.37. The summed E-state index contributed by atoms with van der Waals surface area (Å²) in [7, 11) is 2.13. The van der Waals surface area contributed by atoms with E-state index in [1.165, 1.54) is 4.88 Å². The maximum atomic E-state index is 5.86. The van der Waals surface area contributed by atoms with Crippen LogP contribution in [0, 0.1) is 0 Å². The Balaban J connectivity index is 2.73. The molecule has 0 saturated carbocycles. The average Bonchev–Trinajstić information content (AvgIpc) is 2.57. The Morgan fingerprint density at radius 1 is 1.56 bits per heavy atom. The summed E-state index contributed by atoms with van der Waals surface area (Å²) in [6.45, 7) is 1.72. The van der Waals surface area contributed by atoms with E-state index in [9.17, 15) is 0 Å². The predicted octanol–water partition coefficient (Wildman–Crippen LogP) is 3.57. The van der Waals surface area contributed by atoms with Crippen molar-refractivity contribution in [3.05, 3.63) is 19.2 Å². The van der Waals surface area contributed by atoms with Crippen molar-refractivity contribution < 1.29 is 0 Å². The van der Waals surface area contributed by atoms with Gasteiger partial charge in [0.15, 0.2) is 0 Å². The van der Waals surface area contributed by atoms with Crippen molar-refractivity contribution >= 4 is 55.0 Å². The summed E-state index contributed by atoms with van der Waals surface area (Å²) in [5.41, 5.74) is 5.86. The Kier molecular flexibility index (Phi) is 6.92. The molecule has 1 atom stereocenters. The SMILES string of the molecule is CSCCN(C)C(CN)c1cc(Br)c(Br)s1. The zero-order valence-corrected chi connectivity index (χ0v) is 14.2. The van der Waals surface area contributed by atoms with Gasteiger partial charge in [-0.1, -0.05) is 0 Å². The molecule has 0 radical (unpaired) electrons. The van der Waals surface area contributed by atoms with Gasteiger partial charge in [0.2, 0.25) is 0 Å². The van der Waals surface area contributed by atoms with Crippen LogP contribution in [0.25, 0.3) is 0 Å². The molecule has 6 heteroatoms. The summed E-state index contributed by atoms with van der Waals surface area (Å²) < 4.78 is 2.25. The minimum absolute atomic E-state index is 0.319. The molecule has 1 aromatic heterocycles. The van der Waals surface area contributed by atoms with Crippen LogP contribution in [0.4, 0.5) is 0 Å². The predicted molar refractivity (Wildman–Crippen MR) is 82.5 cm³/mol. The summed E-state index contributed by atoms with van der Waals surface area (Å²) in [5.74, 6) is 1.14. The fraction of sp³-hybridized carbons (Fsp3) is 0.600. The molecule has 0 saturated heterocycles. The summed E-state index contributed by atoms with van der Waals surface area (Å²) in [6.07, 6.45) is 2.13. The van der Waals surface area contributed by atoms with Gasteiger partial charge in [0.25, 0.3) is 0 Å².